The number of benzene rings is 2. The van der Waals surface area contributed by atoms with Crippen LogP contribution in [0, 0.1) is 12.7 Å². The van der Waals surface area contributed by atoms with Gasteiger partial charge in [-0.2, -0.15) is 26.3 Å². The van der Waals surface area contributed by atoms with Gasteiger partial charge in [-0.3, -0.25) is 4.79 Å². The molecule has 3 rings (SSSR count). The fraction of sp³-hybridized carbons (Fsp3) is 0.462. The molecule has 1 aliphatic rings. The number of hydrogen-bond donors (Lipinski definition) is 1. The van der Waals surface area contributed by atoms with Crippen molar-refractivity contribution in [2.45, 2.75) is 64.1 Å². The maximum absolute atomic E-state index is 13.8. The lowest BCUT2D eigenvalue weighted by atomic mass is 9.89. The quantitative estimate of drug-likeness (QED) is 0.437. The Hall–Kier alpha value is -3.31. The van der Waals surface area contributed by atoms with E-state index in [1.54, 1.807) is 13.8 Å². The minimum Gasteiger partial charge on any atom is -0.353 e. The Labute approximate surface area is 215 Å². The molecule has 1 saturated heterocycles. The minimum atomic E-state index is -5.01. The van der Waals surface area contributed by atoms with Crippen molar-refractivity contribution in [3.63, 3.8) is 0 Å². The maximum Gasteiger partial charge on any atom is 0.416 e. The molecule has 3 amide bonds. The fourth-order valence-corrected chi connectivity index (χ4v) is 4.63. The summed E-state index contributed by atoms with van der Waals surface area (Å²) in [5.41, 5.74) is -2.07. The number of urea groups is 1. The van der Waals surface area contributed by atoms with Crippen molar-refractivity contribution in [1.82, 2.24) is 15.1 Å². The van der Waals surface area contributed by atoms with E-state index in [9.17, 15) is 40.3 Å². The summed E-state index contributed by atoms with van der Waals surface area (Å²) in [6.45, 7) is 3.02. The average molecular weight is 548 g/mol. The molecular formula is C26H28F7N3O2. The van der Waals surface area contributed by atoms with Crippen LogP contribution in [0.1, 0.15) is 60.0 Å². The number of carbonyl (C=O) groups excluding carboxylic acids is 2. The fourth-order valence-electron chi connectivity index (χ4n) is 4.63. The summed E-state index contributed by atoms with van der Waals surface area (Å²) in [4.78, 5) is 27.9. The van der Waals surface area contributed by atoms with E-state index in [1.807, 2.05) is 0 Å². The first-order valence-corrected chi connectivity index (χ1v) is 12.0. The molecule has 0 unspecified atom stereocenters. The number of piperidine rings is 1. The first-order valence-electron chi connectivity index (χ1n) is 12.0. The van der Waals surface area contributed by atoms with Crippen LogP contribution >= 0.6 is 0 Å². The van der Waals surface area contributed by atoms with Crippen LogP contribution in [-0.4, -0.2) is 41.4 Å². The zero-order chi connectivity index (χ0) is 28.4. The summed E-state index contributed by atoms with van der Waals surface area (Å²) in [5, 5.41) is 2.89. The molecule has 0 aliphatic carbocycles. The van der Waals surface area contributed by atoms with Crippen LogP contribution in [0.15, 0.2) is 36.4 Å². The SMILES string of the molecule is CCC(=O)N[C@@H]1CCN(C(=O)N(C)Cc2cc(C(F)(F)F)cc(C(F)(F)F)c2)[C@H](c2ccc(F)cc2C)C1. The number of aryl methyl sites for hydroxylation is 1. The third kappa shape index (κ3) is 6.96. The molecule has 208 valence electrons. The van der Waals surface area contributed by atoms with Gasteiger partial charge in [-0.25, -0.2) is 9.18 Å². The average Bonchev–Trinajstić information content (AvgIpc) is 2.82. The number of likely N-dealkylation sites (tertiary alicyclic amines) is 1. The van der Waals surface area contributed by atoms with Gasteiger partial charge in [-0.15, -0.1) is 0 Å². The summed E-state index contributed by atoms with van der Waals surface area (Å²) in [6.07, 6.45) is -9.05. The van der Waals surface area contributed by atoms with E-state index in [4.69, 9.17) is 0 Å². The summed E-state index contributed by atoms with van der Waals surface area (Å²) < 4.78 is 93.4. The number of hydrogen-bond acceptors (Lipinski definition) is 2. The van der Waals surface area contributed by atoms with Crippen molar-refractivity contribution in [2.24, 2.45) is 0 Å². The van der Waals surface area contributed by atoms with Crippen LogP contribution in [0.25, 0.3) is 0 Å². The van der Waals surface area contributed by atoms with Crippen molar-refractivity contribution in [2.75, 3.05) is 13.6 Å². The van der Waals surface area contributed by atoms with Gasteiger partial charge in [0, 0.05) is 32.6 Å². The zero-order valence-electron chi connectivity index (χ0n) is 21.0. The highest BCUT2D eigenvalue weighted by Crippen LogP contribution is 2.37. The van der Waals surface area contributed by atoms with Crippen molar-refractivity contribution in [1.29, 1.82) is 0 Å². The van der Waals surface area contributed by atoms with Crippen LogP contribution in [-0.2, 0) is 23.7 Å². The Morgan fingerprint density at radius 3 is 2.16 bits per heavy atom. The zero-order valence-corrected chi connectivity index (χ0v) is 21.0. The van der Waals surface area contributed by atoms with Crippen LogP contribution < -0.4 is 5.32 Å². The Morgan fingerprint density at radius 2 is 1.63 bits per heavy atom. The monoisotopic (exact) mass is 547 g/mol. The molecule has 1 N–H and O–H groups in total. The lowest BCUT2D eigenvalue weighted by molar-refractivity contribution is -0.143. The standard InChI is InChI=1S/C26H28F7N3O2/c1-4-23(37)34-20-7-8-36(22(13-20)21-6-5-19(27)9-15(21)2)24(38)35(3)14-16-10-17(25(28,29)30)12-18(11-16)26(31,32)33/h5-6,9-12,20,22H,4,7-8,13-14H2,1-3H3,(H,34,37)/t20-,22+/m1/s1. The third-order valence-corrected chi connectivity index (χ3v) is 6.52. The van der Waals surface area contributed by atoms with Gasteiger partial charge in [-0.1, -0.05) is 13.0 Å². The summed E-state index contributed by atoms with van der Waals surface area (Å²) in [5.74, 6) is -0.649. The second kappa shape index (κ2) is 11.2. The van der Waals surface area contributed by atoms with E-state index in [2.05, 4.69) is 5.32 Å². The number of nitrogens with zero attached hydrogens (tertiary/aromatic N) is 2. The molecule has 0 spiro atoms. The van der Waals surface area contributed by atoms with Crippen LogP contribution in [0.3, 0.4) is 0 Å². The van der Waals surface area contributed by atoms with Crippen molar-refractivity contribution >= 4 is 11.9 Å². The molecule has 0 aromatic heterocycles. The molecule has 2 aromatic rings. The normalized spacial score (nSPS) is 18.3. The Kier molecular flexibility index (Phi) is 8.62. The predicted octanol–water partition coefficient (Wildman–Crippen LogP) is 6.46. The number of carbonyl (C=O) groups is 2. The lowest BCUT2D eigenvalue weighted by Gasteiger charge is -2.42. The summed E-state index contributed by atoms with van der Waals surface area (Å²) in [6, 6.07) is 3.79. The molecule has 2 atom stereocenters. The molecule has 0 bridgehead atoms. The molecule has 12 heteroatoms. The van der Waals surface area contributed by atoms with Crippen LogP contribution in [0.5, 0.6) is 0 Å². The van der Waals surface area contributed by atoms with Gasteiger partial charge in [0.1, 0.15) is 5.82 Å². The van der Waals surface area contributed by atoms with Gasteiger partial charge < -0.3 is 15.1 Å². The first kappa shape index (κ1) is 29.2. The van der Waals surface area contributed by atoms with Gasteiger partial charge in [0.15, 0.2) is 0 Å². The molecular weight excluding hydrogens is 519 g/mol. The van der Waals surface area contributed by atoms with E-state index in [-0.39, 0.29) is 36.5 Å². The van der Waals surface area contributed by atoms with Gasteiger partial charge >= 0.3 is 18.4 Å². The molecule has 1 aliphatic heterocycles. The highest BCUT2D eigenvalue weighted by molar-refractivity contribution is 5.76. The smallest absolute Gasteiger partial charge is 0.353 e. The molecule has 0 saturated carbocycles. The first-order chi connectivity index (χ1) is 17.6. The number of rotatable bonds is 5. The minimum absolute atomic E-state index is 0.0357. The van der Waals surface area contributed by atoms with Gasteiger partial charge in [-0.05, 0) is 66.8 Å². The Balaban J connectivity index is 1.90. The number of amides is 3. The lowest BCUT2D eigenvalue weighted by Crippen LogP contribution is -2.51. The topological polar surface area (TPSA) is 52.7 Å². The van der Waals surface area contributed by atoms with Crippen molar-refractivity contribution in [3.8, 4) is 0 Å². The molecule has 38 heavy (non-hydrogen) atoms. The number of alkyl halides is 6. The molecule has 5 nitrogen and oxygen atoms in total. The van der Waals surface area contributed by atoms with E-state index >= 15 is 0 Å². The summed E-state index contributed by atoms with van der Waals surface area (Å²) >= 11 is 0. The molecule has 1 heterocycles. The second-order valence-corrected chi connectivity index (χ2v) is 9.41. The highest BCUT2D eigenvalue weighted by atomic mass is 19.4. The van der Waals surface area contributed by atoms with E-state index in [1.165, 1.54) is 30.1 Å². The second-order valence-electron chi connectivity index (χ2n) is 9.41. The van der Waals surface area contributed by atoms with Crippen LogP contribution in [0.2, 0.25) is 0 Å². The maximum atomic E-state index is 13.8. The van der Waals surface area contributed by atoms with Gasteiger partial charge in [0.2, 0.25) is 5.91 Å². The Bertz CT molecular complexity index is 1150. The molecule has 0 radical (unpaired) electrons. The Morgan fingerprint density at radius 1 is 1.03 bits per heavy atom. The van der Waals surface area contributed by atoms with E-state index in [0.29, 0.717) is 36.1 Å². The van der Waals surface area contributed by atoms with Crippen molar-refractivity contribution < 1.29 is 40.3 Å². The predicted molar refractivity (Wildman–Crippen MR) is 125 cm³/mol. The van der Waals surface area contributed by atoms with Gasteiger partial charge in [0.25, 0.3) is 0 Å². The third-order valence-electron chi connectivity index (χ3n) is 6.52. The highest BCUT2D eigenvalue weighted by Gasteiger charge is 2.38. The van der Waals surface area contributed by atoms with E-state index < -0.39 is 47.9 Å². The number of nitrogens with one attached hydrogen (secondary N) is 1. The molecule has 2 aromatic carbocycles. The van der Waals surface area contributed by atoms with Crippen molar-refractivity contribution in [3.05, 3.63) is 70.0 Å². The summed E-state index contributed by atoms with van der Waals surface area (Å²) in [7, 11) is 1.29. The van der Waals surface area contributed by atoms with E-state index in [0.717, 1.165) is 4.90 Å². The van der Waals surface area contributed by atoms with Gasteiger partial charge in [0.05, 0.1) is 17.2 Å². The largest absolute Gasteiger partial charge is 0.416 e. The number of halogens is 7. The van der Waals surface area contributed by atoms with Crippen LogP contribution in [0.4, 0.5) is 35.5 Å². The molecule has 1 fully saturated rings.